The molecule has 0 aromatic carbocycles. The summed E-state index contributed by atoms with van der Waals surface area (Å²) in [5.41, 5.74) is -1.57. The summed E-state index contributed by atoms with van der Waals surface area (Å²) in [6, 6.07) is 0. The van der Waals surface area contributed by atoms with Gasteiger partial charge in [0.05, 0.1) is 6.67 Å². The minimum absolute atomic E-state index is 0.0760. The van der Waals surface area contributed by atoms with Crippen molar-refractivity contribution in [2.75, 3.05) is 30.6 Å². The van der Waals surface area contributed by atoms with E-state index in [0.717, 1.165) is 4.57 Å². The highest BCUT2D eigenvalue weighted by atomic mass is 16.2. The van der Waals surface area contributed by atoms with Crippen molar-refractivity contribution in [3.8, 4) is 0 Å². The van der Waals surface area contributed by atoms with Gasteiger partial charge in [0.2, 0.25) is 0 Å². The topological polar surface area (TPSA) is 165 Å². The molecule has 0 unspecified atom stereocenters. The van der Waals surface area contributed by atoms with Gasteiger partial charge in [0.15, 0.2) is 5.52 Å². The molecule has 0 saturated heterocycles. The average molecular weight is 378 g/mol. The van der Waals surface area contributed by atoms with Crippen molar-refractivity contribution in [3.05, 3.63) is 52.2 Å². The lowest BCUT2D eigenvalue weighted by Gasteiger charge is -2.12. The summed E-state index contributed by atoms with van der Waals surface area (Å²) in [6.45, 7) is 0.621. The first kappa shape index (κ1) is 18.0. The first-order valence-corrected chi connectivity index (χ1v) is 7.78. The third-order valence-electron chi connectivity index (χ3n) is 4.22. The number of nitrogens with zero attached hydrogens (tertiary/aromatic N) is 4. The van der Waals surface area contributed by atoms with E-state index in [-0.39, 0.29) is 22.4 Å². The fourth-order valence-corrected chi connectivity index (χ4v) is 2.92. The van der Waals surface area contributed by atoms with E-state index >= 15 is 0 Å². The summed E-state index contributed by atoms with van der Waals surface area (Å²) in [5.74, 6) is 0.668. The fraction of sp³-hybridized carbons (Fsp3) is 0.357. The summed E-state index contributed by atoms with van der Waals surface area (Å²) < 4.78 is 2.33. The molecule has 0 aliphatic carbocycles. The average Bonchev–Trinajstić information content (AvgIpc) is 3.10. The number of aromatic amines is 4. The van der Waals surface area contributed by atoms with Gasteiger partial charge in [-0.1, -0.05) is 0 Å². The quantitative estimate of drug-likeness (QED) is 0.327. The molecular formula is C14H18N8O5. The van der Waals surface area contributed by atoms with Crippen LogP contribution in [-0.2, 0) is 14.1 Å². The molecule has 144 valence electrons. The molecule has 4 heterocycles. The van der Waals surface area contributed by atoms with E-state index in [1.807, 2.05) is 23.9 Å². The molecule has 0 fully saturated rings. The lowest BCUT2D eigenvalue weighted by atomic mass is 10.4. The molecule has 0 amide bonds. The molecule has 1 aliphatic rings. The van der Waals surface area contributed by atoms with Crippen molar-refractivity contribution < 1.29 is 0 Å². The van der Waals surface area contributed by atoms with Crippen LogP contribution in [0.4, 0.5) is 11.5 Å². The lowest BCUT2D eigenvalue weighted by molar-refractivity contribution is 0.788. The highest BCUT2D eigenvalue weighted by Crippen LogP contribution is 2.27. The molecule has 0 atom stereocenters. The second-order valence-corrected chi connectivity index (χ2v) is 6.15. The third-order valence-corrected chi connectivity index (χ3v) is 4.22. The van der Waals surface area contributed by atoms with E-state index in [9.17, 15) is 24.0 Å². The van der Waals surface area contributed by atoms with Crippen LogP contribution in [-0.4, -0.2) is 49.8 Å². The lowest BCUT2D eigenvalue weighted by Crippen LogP contribution is -2.32. The molecule has 3 aromatic rings. The molecule has 13 nitrogen and oxygen atoms in total. The number of nitrogens with one attached hydrogen (secondary N) is 4. The van der Waals surface area contributed by atoms with Crippen molar-refractivity contribution in [1.29, 1.82) is 0 Å². The van der Waals surface area contributed by atoms with Crippen LogP contribution < -0.4 is 38.0 Å². The first-order chi connectivity index (χ1) is 12.6. The standard InChI is InChI=1S/C8H12N4O2.C6H6N4O3/c1-10-4-11(2)7-5(10)6(13)9-8(14)12(7)3;1-10-4(11)2-3(9-6(10)13)8-5(12)7-2/h4H2,1-3H3,(H,9,13,14);1H3,(H,9,13)(H2,7,8,12). The minimum Gasteiger partial charge on any atom is -0.349 e. The number of hydrogen-bond donors (Lipinski definition) is 4. The van der Waals surface area contributed by atoms with E-state index in [0.29, 0.717) is 18.2 Å². The number of hydrogen-bond acceptors (Lipinski definition) is 7. The monoisotopic (exact) mass is 378 g/mol. The Morgan fingerprint density at radius 2 is 1.37 bits per heavy atom. The molecule has 0 radical (unpaired) electrons. The molecule has 0 saturated carbocycles. The predicted octanol–water partition coefficient (Wildman–Crippen LogP) is -2.84. The van der Waals surface area contributed by atoms with Crippen LogP contribution in [0.3, 0.4) is 0 Å². The van der Waals surface area contributed by atoms with Gasteiger partial charge in [0, 0.05) is 28.2 Å². The number of imidazole rings is 1. The Morgan fingerprint density at radius 1 is 0.741 bits per heavy atom. The molecular weight excluding hydrogens is 360 g/mol. The summed E-state index contributed by atoms with van der Waals surface area (Å²) in [6.07, 6.45) is 0. The van der Waals surface area contributed by atoms with E-state index < -0.39 is 16.9 Å². The number of rotatable bonds is 0. The van der Waals surface area contributed by atoms with Gasteiger partial charge in [0.25, 0.3) is 11.1 Å². The Morgan fingerprint density at radius 3 is 2.04 bits per heavy atom. The molecule has 4 N–H and O–H groups in total. The Labute approximate surface area is 149 Å². The van der Waals surface area contributed by atoms with Crippen molar-refractivity contribution in [1.82, 2.24) is 29.1 Å². The normalized spacial score (nSPS) is 12.9. The Hall–Kier alpha value is -3.77. The molecule has 0 bridgehead atoms. The summed E-state index contributed by atoms with van der Waals surface area (Å²) in [7, 11) is 6.64. The number of anilines is 2. The smallest absolute Gasteiger partial charge is 0.329 e. The third kappa shape index (κ3) is 2.88. The van der Waals surface area contributed by atoms with Crippen LogP contribution in [0.5, 0.6) is 0 Å². The Kier molecular flexibility index (Phi) is 4.13. The van der Waals surface area contributed by atoms with Crippen LogP contribution in [0, 0.1) is 0 Å². The molecule has 3 aromatic heterocycles. The zero-order chi connectivity index (χ0) is 20.0. The Bertz CT molecular complexity index is 1320. The van der Waals surface area contributed by atoms with E-state index in [4.69, 9.17) is 0 Å². The van der Waals surface area contributed by atoms with Crippen LogP contribution in [0.15, 0.2) is 24.0 Å². The maximum atomic E-state index is 11.5. The zero-order valence-corrected chi connectivity index (χ0v) is 15.0. The van der Waals surface area contributed by atoms with Crippen molar-refractivity contribution in [2.45, 2.75) is 0 Å². The molecule has 13 heteroatoms. The molecule has 0 spiro atoms. The fourth-order valence-electron chi connectivity index (χ4n) is 2.92. The number of H-pyrrole nitrogens is 4. The van der Waals surface area contributed by atoms with Crippen molar-refractivity contribution >= 4 is 22.7 Å². The van der Waals surface area contributed by atoms with E-state index in [2.05, 4.69) is 19.9 Å². The van der Waals surface area contributed by atoms with Gasteiger partial charge in [-0.3, -0.25) is 38.7 Å². The van der Waals surface area contributed by atoms with Crippen molar-refractivity contribution in [2.24, 2.45) is 14.1 Å². The van der Waals surface area contributed by atoms with Gasteiger partial charge < -0.3 is 9.80 Å². The minimum atomic E-state index is -0.562. The number of aromatic nitrogens is 6. The molecule has 27 heavy (non-hydrogen) atoms. The van der Waals surface area contributed by atoms with Crippen LogP contribution >= 0.6 is 0 Å². The second-order valence-electron chi connectivity index (χ2n) is 6.15. The van der Waals surface area contributed by atoms with Gasteiger partial charge in [-0.05, 0) is 0 Å². The highest BCUT2D eigenvalue weighted by Gasteiger charge is 2.26. The molecule has 4 rings (SSSR count). The Balaban J connectivity index is 0.000000156. The van der Waals surface area contributed by atoms with Crippen LogP contribution in [0.1, 0.15) is 0 Å². The van der Waals surface area contributed by atoms with Crippen LogP contribution in [0.25, 0.3) is 11.2 Å². The summed E-state index contributed by atoms with van der Waals surface area (Å²) >= 11 is 0. The van der Waals surface area contributed by atoms with E-state index in [1.54, 1.807) is 7.05 Å². The van der Waals surface area contributed by atoms with Crippen molar-refractivity contribution in [3.63, 3.8) is 0 Å². The zero-order valence-electron chi connectivity index (χ0n) is 15.0. The maximum absolute atomic E-state index is 11.5. The summed E-state index contributed by atoms with van der Waals surface area (Å²) in [5, 5.41) is 0. The van der Waals surface area contributed by atoms with Gasteiger partial charge in [-0.25, -0.2) is 14.4 Å². The first-order valence-electron chi connectivity index (χ1n) is 7.78. The maximum Gasteiger partial charge on any atom is 0.329 e. The van der Waals surface area contributed by atoms with Crippen LogP contribution in [0.2, 0.25) is 0 Å². The van der Waals surface area contributed by atoms with Gasteiger partial charge in [-0.15, -0.1) is 0 Å². The second kappa shape index (κ2) is 6.19. The van der Waals surface area contributed by atoms with E-state index in [1.165, 1.54) is 11.6 Å². The largest absolute Gasteiger partial charge is 0.349 e. The predicted molar refractivity (Wildman–Crippen MR) is 98.8 cm³/mol. The number of fused-ring (bicyclic) bond motifs is 2. The van der Waals surface area contributed by atoms with Gasteiger partial charge >= 0.3 is 17.1 Å². The SMILES string of the molecule is CN1CN(C)c2c1c(=O)[nH]c(=O)n2C.Cn1c(=O)[nH]c2[nH]c(=O)[nH]c2c1=O. The molecule has 1 aliphatic heterocycles. The summed E-state index contributed by atoms with van der Waals surface area (Å²) in [4.78, 5) is 68.8. The van der Waals surface area contributed by atoms with Gasteiger partial charge in [-0.2, -0.15) is 0 Å². The highest BCUT2D eigenvalue weighted by molar-refractivity contribution is 5.71. The van der Waals surface area contributed by atoms with Gasteiger partial charge in [0.1, 0.15) is 17.2 Å².